The van der Waals surface area contributed by atoms with E-state index in [1.807, 2.05) is 24.3 Å². The highest BCUT2D eigenvalue weighted by Crippen LogP contribution is 2.39. The van der Waals surface area contributed by atoms with E-state index in [1.165, 1.54) is 7.11 Å². The average Bonchev–Trinajstić information content (AvgIpc) is 3.01. The maximum atomic E-state index is 13.1. The minimum atomic E-state index is -0.500. The molecule has 0 radical (unpaired) electrons. The van der Waals surface area contributed by atoms with Crippen molar-refractivity contribution in [2.75, 3.05) is 24.9 Å². The lowest BCUT2D eigenvalue weighted by Crippen LogP contribution is -2.12. The topological polar surface area (TPSA) is 122 Å². The number of para-hydroxylation sites is 2. The van der Waals surface area contributed by atoms with Crippen LogP contribution in [0.25, 0.3) is 10.8 Å². The summed E-state index contributed by atoms with van der Waals surface area (Å²) in [7, 11) is 3.10. The molecular formula is C32H26N4O5. The van der Waals surface area contributed by atoms with Crippen molar-refractivity contribution in [3.8, 4) is 17.2 Å². The second-order valence-electron chi connectivity index (χ2n) is 8.93. The monoisotopic (exact) mass is 546 g/mol. The highest BCUT2D eigenvalue weighted by atomic mass is 16.5. The Labute approximate surface area is 236 Å². The molecule has 9 heteroatoms. The van der Waals surface area contributed by atoms with Gasteiger partial charge < -0.3 is 25.2 Å². The molecule has 3 N–H and O–H groups in total. The standard InChI is InChI=1S/C32H26N4O5/c1-40-24-17-15-22(16-18-24)33-32(39)26-19-21-7-3-4-8-25(21)29(30(26)37)36-35-23-13-11-20(12-14-23)31(38)34-27-9-5-6-10-28(27)41-2/h3-19,37H,1-2H3,(H,33,39)(H,34,38). The molecule has 5 aromatic rings. The van der Waals surface area contributed by atoms with Crippen molar-refractivity contribution >= 4 is 45.3 Å². The highest BCUT2D eigenvalue weighted by Gasteiger charge is 2.19. The van der Waals surface area contributed by atoms with Gasteiger partial charge in [-0.2, -0.15) is 5.11 Å². The minimum absolute atomic E-state index is 0.0526. The van der Waals surface area contributed by atoms with Crippen molar-refractivity contribution in [3.05, 3.63) is 114 Å². The third kappa shape index (κ3) is 5.99. The molecule has 0 bridgehead atoms. The molecule has 204 valence electrons. The van der Waals surface area contributed by atoms with Gasteiger partial charge in [0.15, 0.2) is 5.75 Å². The van der Waals surface area contributed by atoms with Crippen LogP contribution in [0.3, 0.4) is 0 Å². The highest BCUT2D eigenvalue weighted by molar-refractivity contribution is 6.11. The van der Waals surface area contributed by atoms with Gasteiger partial charge in [0.2, 0.25) is 0 Å². The Hall–Kier alpha value is -5.70. The van der Waals surface area contributed by atoms with Crippen LogP contribution in [0.15, 0.2) is 113 Å². The summed E-state index contributed by atoms with van der Waals surface area (Å²) in [5.74, 6) is 0.103. The van der Waals surface area contributed by atoms with E-state index in [2.05, 4.69) is 20.9 Å². The zero-order valence-electron chi connectivity index (χ0n) is 22.3. The molecule has 2 amide bonds. The Morgan fingerprint density at radius 1 is 0.732 bits per heavy atom. The Morgan fingerprint density at radius 2 is 1.44 bits per heavy atom. The van der Waals surface area contributed by atoms with Crippen molar-refractivity contribution in [2.45, 2.75) is 0 Å². The number of carbonyl (C=O) groups is 2. The van der Waals surface area contributed by atoms with E-state index in [0.717, 1.165) is 0 Å². The van der Waals surface area contributed by atoms with Gasteiger partial charge in [-0.25, -0.2) is 0 Å². The van der Waals surface area contributed by atoms with Crippen LogP contribution < -0.4 is 20.1 Å². The molecule has 9 nitrogen and oxygen atoms in total. The van der Waals surface area contributed by atoms with Crippen LogP contribution in [0.5, 0.6) is 17.2 Å². The first-order valence-electron chi connectivity index (χ1n) is 12.6. The summed E-state index contributed by atoms with van der Waals surface area (Å²) < 4.78 is 10.4. The van der Waals surface area contributed by atoms with E-state index >= 15 is 0 Å². The number of nitrogens with one attached hydrogen (secondary N) is 2. The number of hydrogen-bond acceptors (Lipinski definition) is 7. The van der Waals surface area contributed by atoms with Crippen LogP contribution in [0, 0.1) is 0 Å². The second-order valence-corrected chi connectivity index (χ2v) is 8.93. The molecule has 0 aliphatic heterocycles. The number of aromatic hydroxyl groups is 1. The average molecular weight is 547 g/mol. The number of rotatable bonds is 8. The number of ether oxygens (including phenoxy) is 2. The minimum Gasteiger partial charge on any atom is -0.505 e. The van der Waals surface area contributed by atoms with Gasteiger partial charge in [-0.3, -0.25) is 9.59 Å². The van der Waals surface area contributed by atoms with Gasteiger partial charge in [0.05, 0.1) is 31.2 Å². The van der Waals surface area contributed by atoms with E-state index in [4.69, 9.17) is 9.47 Å². The SMILES string of the molecule is COc1ccc(NC(=O)c2cc3ccccc3c(N=Nc3ccc(C(=O)Nc4ccccc4OC)cc3)c2O)cc1. The number of amides is 2. The van der Waals surface area contributed by atoms with E-state index < -0.39 is 5.91 Å². The lowest BCUT2D eigenvalue weighted by atomic mass is 10.0. The predicted molar refractivity (Wildman–Crippen MR) is 158 cm³/mol. The number of phenols is 1. The van der Waals surface area contributed by atoms with Crippen molar-refractivity contribution in [2.24, 2.45) is 10.2 Å². The maximum Gasteiger partial charge on any atom is 0.259 e. The van der Waals surface area contributed by atoms with E-state index in [9.17, 15) is 14.7 Å². The summed E-state index contributed by atoms with van der Waals surface area (Å²) in [5.41, 5.74) is 2.18. The summed E-state index contributed by atoms with van der Waals surface area (Å²) in [6.07, 6.45) is 0. The molecule has 0 aliphatic rings. The molecule has 0 aliphatic carbocycles. The number of carbonyl (C=O) groups excluding carboxylic acids is 2. The zero-order valence-corrected chi connectivity index (χ0v) is 22.3. The first-order valence-corrected chi connectivity index (χ1v) is 12.6. The predicted octanol–water partition coefficient (Wildman–Crippen LogP) is 7.48. The van der Waals surface area contributed by atoms with Crippen molar-refractivity contribution < 1.29 is 24.2 Å². The molecule has 0 spiro atoms. The lowest BCUT2D eigenvalue weighted by molar-refractivity contribution is 0.101. The fourth-order valence-corrected chi connectivity index (χ4v) is 4.19. The third-order valence-corrected chi connectivity index (χ3v) is 6.34. The number of anilines is 2. The molecule has 5 rings (SSSR count). The number of hydrogen-bond donors (Lipinski definition) is 3. The molecule has 0 saturated carbocycles. The van der Waals surface area contributed by atoms with Gasteiger partial charge in [0.1, 0.15) is 17.2 Å². The Bertz CT molecular complexity index is 1750. The molecule has 5 aromatic carbocycles. The van der Waals surface area contributed by atoms with Crippen LogP contribution >= 0.6 is 0 Å². The summed E-state index contributed by atoms with van der Waals surface area (Å²) in [6.45, 7) is 0. The van der Waals surface area contributed by atoms with Crippen LogP contribution in [0.2, 0.25) is 0 Å². The van der Waals surface area contributed by atoms with Crippen molar-refractivity contribution in [1.82, 2.24) is 0 Å². The number of benzene rings is 5. The quantitative estimate of drug-likeness (QED) is 0.174. The lowest BCUT2D eigenvalue weighted by Gasteiger charge is -2.11. The molecule has 0 heterocycles. The molecule has 0 atom stereocenters. The van der Waals surface area contributed by atoms with Gasteiger partial charge in [0, 0.05) is 16.6 Å². The van der Waals surface area contributed by atoms with E-state index in [1.54, 1.807) is 86.0 Å². The molecule has 0 unspecified atom stereocenters. The molecule has 0 fully saturated rings. The summed E-state index contributed by atoms with van der Waals surface area (Å²) in [6, 6.07) is 29.4. The van der Waals surface area contributed by atoms with Crippen LogP contribution in [0.1, 0.15) is 20.7 Å². The molecular weight excluding hydrogens is 520 g/mol. The van der Waals surface area contributed by atoms with Gasteiger partial charge in [-0.15, -0.1) is 5.11 Å². The first-order chi connectivity index (χ1) is 20.0. The second kappa shape index (κ2) is 12.0. The normalized spacial score (nSPS) is 10.9. The Kier molecular flexibility index (Phi) is 7.87. The smallest absolute Gasteiger partial charge is 0.259 e. The fourth-order valence-electron chi connectivity index (χ4n) is 4.19. The van der Waals surface area contributed by atoms with Gasteiger partial charge in [-0.05, 0) is 72.1 Å². The van der Waals surface area contributed by atoms with Crippen LogP contribution in [-0.2, 0) is 0 Å². The zero-order chi connectivity index (χ0) is 28.8. The number of azo groups is 1. The largest absolute Gasteiger partial charge is 0.505 e. The Morgan fingerprint density at radius 3 is 2.17 bits per heavy atom. The molecule has 0 saturated heterocycles. The van der Waals surface area contributed by atoms with Gasteiger partial charge in [0.25, 0.3) is 11.8 Å². The summed E-state index contributed by atoms with van der Waals surface area (Å²) in [5, 5.41) is 26.6. The van der Waals surface area contributed by atoms with E-state index in [0.29, 0.717) is 44.9 Å². The summed E-state index contributed by atoms with van der Waals surface area (Å²) in [4.78, 5) is 25.8. The number of nitrogens with zero attached hydrogens (tertiary/aromatic N) is 2. The van der Waals surface area contributed by atoms with Crippen molar-refractivity contribution in [3.63, 3.8) is 0 Å². The number of phenolic OH excluding ortho intramolecular Hbond substituents is 1. The van der Waals surface area contributed by atoms with Crippen LogP contribution in [-0.4, -0.2) is 31.1 Å². The van der Waals surface area contributed by atoms with E-state index in [-0.39, 0.29) is 22.9 Å². The molecule has 41 heavy (non-hydrogen) atoms. The fraction of sp³-hybridized carbons (Fsp3) is 0.0625. The van der Waals surface area contributed by atoms with Crippen LogP contribution in [0.4, 0.5) is 22.7 Å². The molecule has 0 aromatic heterocycles. The summed E-state index contributed by atoms with van der Waals surface area (Å²) >= 11 is 0. The Balaban J connectivity index is 1.39. The van der Waals surface area contributed by atoms with Gasteiger partial charge >= 0.3 is 0 Å². The number of fused-ring (bicyclic) bond motifs is 1. The first kappa shape index (κ1) is 26.9. The van der Waals surface area contributed by atoms with Gasteiger partial charge in [-0.1, -0.05) is 36.4 Å². The number of methoxy groups -OCH3 is 2. The third-order valence-electron chi connectivity index (χ3n) is 6.34. The maximum absolute atomic E-state index is 13.1. The van der Waals surface area contributed by atoms with Crippen molar-refractivity contribution in [1.29, 1.82) is 0 Å².